The number of hydrogen-bond donors (Lipinski definition) is 0. The molecular weight excluding hydrogens is 333 g/mol. The summed E-state index contributed by atoms with van der Waals surface area (Å²) in [6, 6.07) is 3.85. The van der Waals surface area contributed by atoms with Crippen LogP contribution in [0.2, 0.25) is 10.0 Å². The van der Waals surface area contributed by atoms with E-state index in [1.165, 1.54) is 6.42 Å². The molecule has 0 radical (unpaired) electrons. The van der Waals surface area contributed by atoms with Crippen LogP contribution in [-0.4, -0.2) is 37.2 Å². The molecule has 1 aliphatic rings. The molecule has 1 aromatic carbocycles. The molecule has 0 bridgehead atoms. The third-order valence-electron chi connectivity index (χ3n) is 3.85. The molecule has 1 fully saturated rings. The Kier molecular flexibility index (Phi) is 7.41. The van der Waals surface area contributed by atoms with E-state index in [9.17, 15) is 0 Å². The zero-order chi connectivity index (χ0) is 14.7. The molecule has 1 heterocycles. The van der Waals surface area contributed by atoms with Gasteiger partial charge in [-0.05, 0) is 38.9 Å². The fourth-order valence-electron chi connectivity index (χ4n) is 2.88. The Morgan fingerprint density at radius 3 is 2.71 bits per heavy atom. The van der Waals surface area contributed by atoms with E-state index < -0.39 is 0 Å². The van der Waals surface area contributed by atoms with Crippen LogP contribution in [-0.2, 0) is 0 Å². The third kappa shape index (κ3) is 4.32. The van der Waals surface area contributed by atoms with Gasteiger partial charge < -0.3 is 9.47 Å². The fourth-order valence-corrected chi connectivity index (χ4v) is 3.43. The third-order valence-corrected chi connectivity index (χ3v) is 4.35. The van der Waals surface area contributed by atoms with Gasteiger partial charge >= 0.3 is 0 Å². The van der Waals surface area contributed by atoms with Crippen LogP contribution in [0.25, 0.3) is 0 Å². The summed E-state index contributed by atoms with van der Waals surface area (Å²) in [5.41, 5.74) is 0. The topological polar surface area (TPSA) is 21.7 Å². The van der Waals surface area contributed by atoms with Gasteiger partial charge in [0.25, 0.3) is 0 Å². The number of likely N-dealkylation sites (tertiary alicyclic amines) is 1. The lowest BCUT2D eigenvalue weighted by atomic mass is 10.1. The van der Waals surface area contributed by atoms with Crippen molar-refractivity contribution in [3.8, 4) is 11.5 Å². The molecule has 3 nitrogen and oxygen atoms in total. The minimum Gasteiger partial charge on any atom is -0.491 e. The van der Waals surface area contributed by atoms with E-state index in [1.807, 2.05) is 0 Å². The lowest BCUT2D eigenvalue weighted by Gasteiger charge is -2.29. The van der Waals surface area contributed by atoms with Crippen LogP contribution in [0.15, 0.2) is 12.1 Å². The summed E-state index contributed by atoms with van der Waals surface area (Å²) < 4.78 is 11.4. The van der Waals surface area contributed by atoms with Crippen LogP contribution in [0.5, 0.6) is 11.5 Å². The molecule has 0 N–H and O–H groups in total. The van der Waals surface area contributed by atoms with Crippen molar-refractivity contribution in [2.45, 2.75) is 38.8 Å². The standard InChI is InChI=1S/C15H21Cl2NO2.ClH/c1-4-18-7-5-6-13(18)10(2)20-14-9-11(16)8-12(17)15(14)19-3;/h8-10,13H,4-7H2,1-3H3;1H. The molecule has 21 heavy (non-hydrogen) atoms. The summed E-state index contributed by atoms with van der Waals surface area (Å²) in [5.74, 6) is 1.16. The van der Waals surface area contributed by atoms with E-state index in [-0.39, 0.29) is 18.5 Å². The van der Waals surface area contributed by atoms with Crippen molar-refractivity contribution in [2.75, 3.05) is 20.2 Å². The van der Waals surface area contributed by atoms with Crippen molar-refractivity contribution in [1.29, 1.82) is 0 Å². The van der Waals surface area contributed by atoms with E-state index in [0.717, 1.165) is 19.5 Å². The molecule has 1 aliphatic heterocycles. The number of halogens is 3. The van der Waals surface area contributed by atoms with Crippen LogP contribution in [0.3, 0.4) is 0 Å². The number of likely N-dealkylation sites (N-methyl/N-ethyl adjacent to an activating group) is 1. The van der Waals surface area contributed by atoms with Crippen LogP contribution >= 0.6 is 35.6 Å². The highest BCUT2D eigenvalue weighted by Gasteiger charge is 2.30. The first-order valence-corrected chi connectivity index (χ1v) is 7.76. The zero-order valence-electron chi connectivity index (χ0n) is 12.6. The van der Waals surface area contributed by atoms with E-state index in [0.29, 0.717) is 27.6 Å². The Morgan fingerprint density at radius 1 is 1.38 bits per heavy atom. The monoisotopic (exact) mass is 353 g/mol. The highest BCUT2D eigenvalue weighted by Crippen LogP contribution is 2.39. The Labute approximate surface area is 142 Å². The first-order valence-electron chi connectivity index (χ1n) is 7.00. The minimum atomic E-state index is 0. The van der Waals surface area contributed by atoms with E-state index in [2.05, 4.69) is 18.7 Å². The first-order chi connectivity index (χ1) is 9.56. The number of hydrogen-bond acceptors (Lipinski definition) is 3. The van der Waals surface area contributed by atoms with Crippen molar-refractivity contribution in [3.05, 3.63) is 22.2 Å². The normalized spacial score (nSPS) is 20.0. The second-order valence-electron chi connectivity index (χ2n) is 5.08. The van der Waals surface area contributed by atoms with E-state index >= 15 is 0 Å². The lowest BCUT2D eigenvalue weighted by Crippen LogP contribution is -2.40. The quantitative estimate of drug-likeness (QED) is 0.766. The Bertz CT molecular complexity index is 470. The maximum absolute atomic E-state index is 6.13. The van der Waals surface area contributed by atoms with Crippen molar-refractivity contribution < 1.29 is 9.47 Å². The van der Waals surface area contributed by atoms with Crippen molar-refractivity contribution >= 4 is 35.6 Å². The maximum atomic E-state index is 6.13. The molecule has 2 unspecified atom stereocenters. The summed E-state index contributed by atoms with van der Waals surface area (Å²) in [5, 5.41) is 1.03. The summed E-state index contributed by atoms with van der Waals surface area (Å²) in [6.45, 7) is 6.46. The number of methoxy groups -OCH3 is 1. The summed E-state index contributed by atoms with van der Waals surface area (Å²) >= 11 is 12.2. The SMILES string of the molecule is CCN1CCCC1C(C)Oc1cc(Cl)cc(Cl)c1OC.Cl. The van der Waals surface area contributed by atoms with Gasteiger partial charge in [-0.15, -0.1) is 12.4 Å². The number of rotatable bonds is 5. The molecule has 6 heteroatoms. The van der Waals surface area contributed by atoms with Crippen LogP contribution in [0.4, 0.5) is 0 Å². The van der Waals surface area contributed by atoms with Crippen molar-refractivity contribution in [3.63, 3.8) is 0 Å². The van der Waals surface area contributed by atoms with Gasteiger partial charge in [-0.3, -0.25) is 4.90 Å². The van der Waals surface area contributed by atoms with Gasteiger partial charge in [0, 0.05) is 17.1 Å². The Hall–Kier alpha value is -0.350. The average Bonchev–Trinajstić information content (AvgIpc) is 2.86. The largest absolute Gasteiger partial charge is 0.491 e. The molecule has 0 amide bonds. The first kappa shape index (κ1) is 18.7. The zero-order valence-corrected chi connectivity index (χ0v) is 14.9. The van der Waals surface area contributed by atoms with Gasteiger partial charge in [0.2, 0.25) is 0 Å². The predicted molar refractivity (Wildman–Crippen MR) is 90.6 cm³/mol. The average molecular weight is 355 g/mol. The number of benzene rings is 1. The molecule has 0 aromatic heterocycles. The van der Waals surface area contributed by atoms with E-state index in [4.69, 9.17) is 32.7 Å². The second-order valence-corrected chi connectivity index (χ2v) is 5.92. The molecule has 2 atom stereocenters. The molecular formula is C15H22Cl3NO2. The molecule has 0 spiro atoms. The summed E-state index contributed by atoms with van der Waals surface area (Å²) in [4.78, 5) is 2.45. The lowest BCUT2D eigenvalue weighted by molar-refractivity contribution is 0.106. The van der Waals surface area contributed by atoms with Gasteiger partial charge in [0.15, 0.2) is 11.5 Å². The Morgan fingerprint density at radius 2 is 2.10 bits per heavy atom. The van der Waals surface area contributed by atoms with Crippen molar-refractivity contribution in [2.24, 2.45) is 0 Å². The second kappa shape index (κ2) is 8.33. The fraction of sp³-hybridized carbons (Fsp3) is 0.600. The minimum absolute atomic E-state index is 0. The summed E-state index contributed by atoms with van der Waals surface area (Å²) in [7, 11) is 1.58. The van der Waals surface area contributed by atoms with Crippen LogP contribution < -0.4 is 9.47 Å². The van der Waals surface area contributed by atoms with Gasteiger partial charge in [0.05, 0.1) is 12.1 Å². The summed E-state index contributed by atoms with van der Waals surface area (Å²) in [6.07, 6.45) is 2.45. The van der Waals surface area contributed by atoms with Gasteiger partial charge in [0.1, 0.15) is 6.10 Å². The molecule has 0 saturated carbocycles. The van der Waals surface area contributed by atoms with Crippen molar-refractivity contribution in [1.82, 2.24) is 4.90 Å². The van der Waals surface area contributed by atoms with Crippen LogP contribution in [0.1, 0.15) is 26.7 Å². The molecule has 0 aliphatic carbocycles. The number of nitrogens with zero attached hydrogens (tertiary/aromatic N) is 1. The molecule has 1 saturated heterocycles. The Balaban J connectivity index is 0.00000220. The number of ether oxygens (including phenoxy) is 2. The van der Waals surface area contributed by atoms with Gasteiger partial charge in [-0.1, -0.05) is 30.1 Å². The molecule has 2 rings (SSSR count). The molecule has 120 valence electrons. The van der Waals surface area contributed by atoms with Crippen LogP contribution in [0, 0.1) is 0 Å². The maximum Gasteiger partial charge on any atom is 0.179 e. The van der Waals surface area contributed by atoms with Gasteiger partial charge in [-0.25, -0.2) is 0 Å². The predicted octanol–water partition coefficient (Wildman–Crippen LogP) is 4.68. The van der Waals surface area contributed by atoms with Gasteiger partial charge in [-0.2, -0.15) is 0 Å². The smallest absolute Gasteiger partial charge is 0.179 e. The highest BCUT2D eigenvalue weighted by atomic mass is 35.5. The van der Waals surface area contributed by atoms with E-state index in [1.54, 1.807) is 19.2 Å². The highest BCUT2D eigenvalue weighted by molar-refractivity contribution is 6.35. The molecule has 1 aromatic rings.